The Kier molecular flexibility index (Phi) is 4.52. The van der Waals surface area contributed by atoms with Crippen LogP contribution in [0.2, 0.25) is 0 Å². The van der Waals surface area contributed by atoms with Crippen LogP contribution in [0.4, 0.5) is 0 Å². The minimum absolute atomic E-state index is 0.0584. The lowest BCUT2D eigenvalue weighted by molar-refractivity contribution is -0.157. The van der Waals surface area contributed by atoms with E-state index in [1.807, 2.05) is 0 Å². The number of fused-ring (bicyclic) bond motifs is 1. The van der Waals surface area contributed by atoms with Gasteiger partial charge in [-0.3, -0.25) is 9.59 Å². The number of ether oxygens (including phenoxy) is 3. The smallest absolute Gasteiger partial charge is 0.328 e. The lowest BCUT2D eigenvalue weighted by Crippen LogP contribution is -2.54. The quantitative estimate of drug-likeness (QED) is 0.759. The lowest BCUT2D eigenvalue weighted by atomic mass is 10.2. The third kappa shape index (κ3) is 3.25. The average molecular weight is 336 g/mol. The minimum atomic E-state index is -1.13. The molecule has 1 fully saturated rings. The first-order valence-corrected chi connectivity index (χ1v) is 7.34. The van der Waals surface area contributed by atoms with Crippen molar-refractivity contribution in [3.63, 3.8) is 0 Å². The number of morpholine rings is 1. The molecule has 0 bridgehead atoms. The van der Waals surface area contributed by atoms with E-state index >= 15 is 0 Å². The fraction of sp³-hybridized carbons (Fsp3) is 0.400. The predicted octanol–water partition coefficient (Wildman–Crippen LogP) is -0.543. The summed E-state index contributed by atoms with van der Waals surface area (Å²) in [5, 5.41) is 11.6. The Hall–Kier alpha value is -2.81. The summed E-state index contributed by atoms with van der Waals surface area (Å²) in [7, 11) is 0. The van der Waals surface area contributed by atoms with E-state index in [1.165, 1.54) is 11.0 Å². The molecule has 9 heteroatoms. The van der Waals surface area contributed by atoms with Gasteiger partial charge in [-0.05, 0) is 18.2 Å². The van der Waals surface area contributed by atoms with Crippen molar-refractivity contribution in [1.29, 1.82) is 0 Å². The van der Waals surface area contributed by atoms with Crippen molar-refractivity contribution >= 4 is 17.8 Å². The molecule has 2 aliphatic heterocycles. The Morgan fingerprint density at radius 3 is 2.83 bits per heavy atom. The van der Waals surface area contributed by atoms with Crippen molar-refractivity contribution in [2.45, 2.75) is 6.04 Å². The fourth-order valence-corrected chi connectivity index (χ4v) is 2.50. The van der Waals surface area contributed by atoms with Crippen molar-refractivity contribution in [3.8, 4) is 11.5 Å². The van der Waals surface area contributed by atoms with Crippen LogP contribution >= 0.6 is 0 Å². The zero-order valence-electron chi connectivity index (χ0n) is 12.7. The molecule has 0 radical (unpaired) electrons. The first kappa shape index (κ1) is 16.1. The predicted molar refractivity (Wildman–Crippen MR) is 78.9 cm³/mol. The third-order valence-electron chi connectivity index (χ3n) is 3.77. The van der Waals surface area contributed by atoms with Gasteiger partial charge in [-0.25, -0.2) is 4.79 Å². The molecular weight excluding hydrogens is 320 g/mol. The number of carbonyl (C=O) groups is 3. The molecule has 1 aromatic rings. The van der Waals surface area contributed by atoms with Crippen LogP contribution in [0.3, 0.4) is 0 Å². The topological polar surface area (TPSA) is 114 Å². The molecule has 24 heavy (non-hydrogen) atoms. The SMILES string of the molecule is O=C(NCC(=O)N1CCOCC1C(=O)O)c1ccc2c(c1)OCO2. The van der Waals surface area contributed by atoms with Gasteiger partial charge in [-0.1, -0.05) is 0 Å². The highest BCUT2D eigenvalue weighted by atomic mass is 16.7. The molecule has 2 amide bonds. The van der Waals surface area contributed by atoms with Crippen LogP contribution in [0.1, 0.15) is 10.4 Å². The summed E-state index contributed by atoms with van der Waals surface area (Å²) in [4.78, 5) is 36.7. The fourth-order valence-electron chi connectivity index (χ4n) is 2.50. The zero-order chi connectivity index (χ0) is 17.1. The Balaban J connectivity index is 1.59. The highest BCUT2D eigenvalue weighted by molar-refractivity contribution is 5.97. The number of amides is 2. The molecule has 1 unspecified atom stereocenters. The number of nitrogens with zero attached hydrogens (tertiary/aromatic N) is 1. The van der Waals surface area contributed by atoms with E-state index in [1.54, 1.807) is 12.1 Å². The highest BCUT2D eigenvalue weighted by Crippen LogP contribution is 2.32. The maximum atomic E-state index is 12.2. The Labute approximate surface area is 137 Å². The van der Waals surface area contributed by atoms with Gasteiger partial charge in [-0.2, -0.15) is 0 Å². The monoisotopic (exact) mass is 336 g/mol. The minimum Gasteiger partial charge on any atom is -0.480 e. The number of hydrogen-bond donors (Lipinski definition) is 2. The molecule has 2 heterocycles. The Morgan fingerprint density at radius 2 is 2.04 bits per heavy atom. The number of hydrogen-bond acceptors (Lipinski definition) is 6. The number of benzene rings is 1. The van der Waals surface area contributed by atoms with Crippen molar-refractivity contribution < 1.29 is 33.7 Å². The molecule has 0 spiro atoms. The molecular formula is C15H16N2O7. The number of aliphatic carboxylic acids is 1. The van der Waals surface area contributed by atoms with E-state index in [2.05, 4.69) is 5.32 Å². The van der Waals surface area contributed by atoms with Crippen molar-refractivity contribution in [3.05, 3.63) is 23.8 Å². The van der Waals surface area contributed by atoms with Crippen LogP contribution in [0.5, 0.6) is 11.5 Å². The van der Waals surface area contributed by atoms with Crippen molar-refractivity contribution in [2.24, 2.45) is 0 Å². The number of rotatable bonds is 4. The molecule has 1 atom stereocenters. The van der Waals surface area contributed by atoms with Crippen LogP contribution in [0, 0.1) is 0 Å². The summed E-state index contributed by atoms with van der Waals surface area (Å²) in [5.74, 6) is -1.04. The second kappa shape index (κ2) is 6.75. The molecule has 3 rings (SSSR count). The van der Waals surface area contributed by atoms with Crippen LogP contribution in [-0.2, 0) is 14.3 Å². The second-order valence-electron chi connectivity index (χ2n) is 5.27. The van der Waals surface area contributed by atoms with Crippen molar-refractivity contribution in [2.75, 3.05) is 33.1 Å². The molecule has 1 saturated heterocycles. The summed E-state index contributed by atoms with van der Waals surface area (Å²) in [5.41, 5.74) is 0.323. The molecule has 128 valence electrons. The molecule has 1 aromatic carbocycles. The first-order chi connectivity index (χ1) is 11.6. The van der Waals surface area contributed by atoms with Gasteiger partial charge in [0.2, 0.25) is 12.7 Å². The van der Waals surface area contributed by atoms with Gasteiger partial charge in [-0.15, -0.1) is 0 Å². The lowest BCUT2D eigenvalue weighted by Gasteiger charge is -2.32. The van der Waals surface area contributed by atoms with E-state index < -0.39 is 23.8 Å². The molecule has 0 aromatic heterocycles. The standard InChI is InChI=1S/C15H16N2O7/c18-13(17-3-4-22-7-10(17)15(20)21)6-16-14(19)9-1-2-11-12(5-9)24-8-23-11/h1-2,5,10H,3-4,6-8H2,(H,16,19)(H,20,21). The number of carboxylic acid groups (broad SMARTS) is 1. The van der Waals surface area contributed by atoms with E-state index in [-0.39, 0.29) is 33.1 Å². The van der Waals surface area contributed by atoms with Gasteiger partial charge in [0.05, 0.1) is 19.8 Å². The van der Waals surface area contributed by atoms with Gasteiger partial charge < -0.3 is 29.5 Å². The first-order valence-electron chi connectivity index (χ1n) is 7.34. The summed E-state index contributed by atoms with van der Waals surface area (Å²) in [6.07, 6.45) is 0. The van der Waals surface area contributed by atoms with Crippen LogP contribution in [0.25, 0.3) is 0 Å². The second-order valence-corrected chi connectivity index (χ2v) is 5.27. The molecule has 0 saturated carbocycles. The summed E-state index contributed by atoms with van der Waals surface area (Å²) >= 11 is 0. The highest BCUT2D eigenvalue weighted by Gasteiger charge is 2.32. The van der Waals surface area contributed by atoms with Crippen LogP contribution in [-0.4, -0.2) is 66.9 Å². The summed E-state index contributed by atoms with van der Waals surface area (Å²) in [6, 6.07) is 3.66. The van der Waals surface area contributed by atoms with E-state index in [4.69, 9.17) is 19.3 Å². The normalized spacial score (nSPS) is 19.0. The van der Waals surface area contributed by atoms with Gasteiger partial charge in [0.25, 0.3) is 5.91 Å². The van der Waals surface area contributed by atoms with E-state index in [0.717, 1.165) is 0 Å². The van der Waals surface area contributed by atoms with Gasteiger partial charge in [0.1, 0.15) is 0 Å². The maximum absolute atomic E-state index is 12.2. The molecule has 9 nitrogen and oxygen atoms in total. The van der Waals surface area contributed by atoms with Crippen molar-refractivity contribution in [1.82, 2.24) is 10.2 Å². The zero-order valence-corrected chi connectivity index (χ0v) is 12.7. The van der Waals surface area contributed by atoms with Crippen LogP contribution in [0.15, 0.2) is 18.2 Å². The molecule has 2 N–H and O–H groups in total. The summed E-state index contributed by atoms with van der Waals surface area (Å²) < 4.78 is 15.4. The van der Waals surface area contributed by atoms with E-state index in [9.17, 15) is 14.4 Å². The number of carbonyl (C=O) groups excluding carboxylic acids is 2. The molecule has 0 aliphatic carbocycles. The van der Waals surface area contributed by atoms with Gasteiger partial charge in [0.15, 0.2) is 17.5 Å². The maximum Gasteiger partial charge on any atom is 0.328 e. The van der Waals surface area contributed by atoms with Gasteiger partial charge >= 0.3 is 5.97 Å². The van der Waals surface area contributed by atoms with E-state index in [0.29, 0.717) is 17.1 Å². The third-order valence-corrected chi connectivity index (χ3v) is 3.77. The Morgan fingerprint density at radius 1 is 1.25 bits per heavy atom. The van der Waals surface area contributed by atoms with Gasteiger partial charge in [0, 0.05) is 12.1 Å². The summed E-state index contributed by atoms with van der Waals surface area (Å²) in [6.45, 7) is 0.196. The average Bonchev–Trinajstić information content (AvgIpc) is 3.06. The number of nitrogens with one attached hydrogen (secondary N) is 1. The molecule has 2 aliphatic rings. The number of carboxylic acids is 1. The Bertz CT molecular complexity index is 676. The largest absolute Gasteiger partial charge is 0.480 e. The van der Waals surface area contributed by atoms with Crippen LogP contribution < -0.4 is 14.8 Å².